The van der Waals surface area contributed by atoms with Crippen molar-refractivity contribution in [3.63, 3.8) is 0 Å². The van der Waals surface area contributed by atoms with Crippen molar-refractivity contribution in [3.8, 4) is 11.4 Å². The second-order valence-corrected chi connectivity index (χ2v) is 5.22. The Bertz CT molecular complexity index is 481. The van der Waals surface area contributed by atoms with E-state index in [1.807, 2.05) is 30.3 Å². The summed E-state index contributed by atoms with van der Waals surface area (Å²) < 4.78 is 4.41. The summed E-state index contributed by atoms with van der Waals surface area (Å²) in [6, 6.07) is 10.1. The molecule has 4 nitrogen and oxygen atoms in total. The minimum Gasteiger partial charge on any atom is -0.349 e. The smallest absolute Gasteiger partial charge is 0.205 e. The van der Waals surface area contributed by atoms with Crippen LogP contribution in [0.15, 0.2) is 30.3 Å². The highest BCUT2D eigenvalue weighted by atomic mass is 32.1. The predicted molar refractivity (Wildman–Crippen MR) is 77.2 cm³/mol. The number of likely N-dealkylation sites (N-methyl/N-ethyl adjacent to an activating group) is 2. The Hall–Kier alpha value is -1.46. The van der Waals surface area contributed by atoms with E-state index in [9.17, 15) is 0 Å². The van der Waals surface area contributed by atoms with Crippen LogP contribution in [0.5, 0.6) is 0 Å². The number of hydrogen-bond donors (Lipinski definition) is 0. The Morgan fingerprint density at radius 2 is 1.78 bits per heavy atom. The number of anilines is 1. The van der Waals surface area contributed by atoms with E-state index in [-0.39, 0.29) is 0 Å². The van der Waals surface area contributed by atoms with Crippen LogP contribution in [-0.2, 0) is 0 Å². The highest BCUT2D eigenvalue weighted by Gasteiger charge is 2.09. The van der Waals surface area contributed by atoms with Gasteiger partial charge >= 0.3 is 0 Å². The number of nitrogens with zero attached hydrogens (tertiary/aromatic N) is 4. The fourth-order valence-electron chi connectivity index (χ4n) is 1.52. The van der Waals surface area contributed by atoms with Gasteiger partial charge in [-0.1, -0.05) is 30.3 Å². The summed E-state index contributed by atoms with van der Waals surface area (Å²) in [5.74, 6) is 0.812. The van der Waals surface area contributed by atoms with Gasteiger partial charge in [0.15, 0.2) is 5.82 Å². The van der Waals surface area contributed by atoms with Gasteiger partial charge < -0.3 is 9.80 Å². The lowest BCUT2D eigenvalue weighted by Crippen LogP contribution is -2.28. The van der Waals surface area contributed by atoms with Crippen LogP contribution >= 0.6 is 11.5 Å². The van der Waals surface area contributed by atoms with Crippen LogP contribution < -0.4 is 4.90 Å². The van der Waals surface area contributed by atoms with Gasteiger partial charge in [0.25, 0.3) is 0 Å². The van der Waals surface area contributed by atoms with Gasteiger partial charge in [0.1, 0.15) is 0 Å². The zero-order valence-corrected chi connectivity index (χ0v) is 11.8. The molecule has 0 radical (unpaired) electrons. The van der Waals surface area contributed by atoms with Crippen molar-refractivity contribution < 1.29 is 0 Å². The quantitative estimate of drug-likeness (QED) is 0.827. The number of hydrogen-bond acceptors (Lipinski definition) is 5. The first-order valence-electron chi connectivity index (χ1n) is 5.92. The molecule has 0 saturated carbocycles. The lowest BCUT2D eigenvalue weighted by Gasteiger charge is -2.17. The lowest BCUT2D eigenvalue weighted by molar-refractivity contribution is 0.416. The van der Waals surface area contributed by atoms with Gasteiger partial charge in [-0.2, -0.15) is 9.36 Å². The van der Waals surface area contributed by atoms with Crippen molar-refractivity contribution >= 4 is 16.7 Å². The van der Waals surface area contributed by atoms with E-state index in [2.05, 4.69) is 40.3 Å². The SMILES string of the molecule is CN(C)CCN(C)c1nc(-c2ccccc2)ns1. The minimum atomic E-state index is 0.812. The van der Waals surface area contributed by atoms with E-state index in [1.54, 1.807) is 0 Å². The van der Waals surface area contributed by atoms with E-state index < -0.39 is 0 Å². The van der Waals surface area contributed by atoms with Crippen LogP contribution in [0.1, 0.15) is 0 Å². The molecule has 1 heterocycles. The highest BCUT2D eigenvalue weighted by molar-refractivity contribution is 7.09. The predicted octanol–water partition coefficient (Wildman–Crippen LogP) is 2.20. The molecule has 1 aromatic carbocycles. The third-order valence-corrected chi connectivity index (χ3v) is 3.49. The molecule has 0 unspecified atom stereocenters. The van der Waals surface area contributed by atoms with Gasteiger partial charge in [-0.25, -0.2) is 0 Å². The molecule has 5 heteroatoms. The number of benzene rings is 1. The zero-order chi connectivity index (χ0) is 13.0. The molecule has 2 aromatic rings. The molecular formula is C13H18N4S. The summed E-state index contributed by atoms with van der Waals surface area (Å²) in [6.07, 6.45) is 0. The van der Waals surface area contributed by atoms with Crippen LogP contribution in [0.4, 0.5) is 5.13 Å². The molecule has 0 N–H and O–H groups in total. The third-order valence-electron chi connectivity index (χ3n) is 2.66. The Morgan fingerprint density at radius 1 is 1.06 bits per heavy atom. The molecule has 0 aliphatic carbocycles. The molecule has 2 rings (SSSR count). The maximum absolute atomic E-state index is 4.57. The molecule has 18 heavy (non-hydrogen) atoms. The minimum absolute atomic E-state index is 0.812. The second kappa shape index (κ2) is 5.93. The third kappa shape index (κ3) is 3.27. The van der Waals surface area contributed by atoms with Gasteiger partial charge in [0.2, 0.25) is 5.13 Å². The summed E-state index contributed by atoms with van der Waals surface area (Å²) in [5, 5.41) is 0.968. The highest BCUT2D eigenvalue weighted by Crippen LogP contribution is 2.22. The second-order valence-electron chi connectivity index (χ2n) is 4.49. The first-order valence-corrected chi connectivity index (χ1v) is 6.69. The van der Waals surface area contributed by atoms with Crippen LogP contribution in [0, 0.1) is 0 Å². The maximum Gasteiger partial charge on any atom is 0.205 e. The van der Waals surface area contributed by atoms with Gasteiger partial charge in [-0.3, -0.25) is 0 Å². The normalized spacial score (nSPS) is 10.9. The van der Waals surface area contributed by atoms with E-state index >= 15 is 0 Å². The van der Waals surface area contributed by atoms with Crippen molar-refractivity contribution in [2.24, 2.45) is 0 Å². The summed E-state index contributed by atoms with van der Waals surface area (Å²) in [6.45, 7) is 1.97. The molecule has 0 fully saturated rings. The van der Waals surface area contributed by atoms with Crippen LogP contribution in [0.25, 0.3) is 11.4 Å². The average molecular weight is 262 g/mol. The van der Waals surface area contributed by atoms with Crippen molar-refractivity contribution in [2.45, 2.75) is 0 Å². The summed E-state index contributed by atoms with van der Waals surface area (Å²) >= 11 is 1.45. The van der Waals surface area contributed by atoms with E-state index in [0.29, 0.717) is 0 Å². The van der Waals surface area contributed by atoms with Crippen molar-refractivity contribution in [1.82, 2.24) is 14.3 Å². The average Bonchev–Trinajstić information content (AvgIpc) is 2.86. The molecule has 1 aromatic heterocycles. The summed E-state index contributed by atoms with van der Waals surface area (Å²) in [4.78, 5) is 8.88. The van der Waals surface area contributed by atoms with Crippen LogP contribution in [0.3, 0.4) is 0 Å². The number of aromatic nitrogens is 2. The summed E-state index contributed by atoms with van der Waals surface area (Å²) in [5.41, 5.74) is 1.07. The van der Waals surface area contributed by atoms with Crippen LogP contribution in [-0.4, -0.2) is 48.5 Å². The molecular weight excluding hydrogens is 244 g/mol. The van der Waals surface area contributed by atoms with Crippen molar-refractivity contribution in [1.29, 1.82) is 0 Å². The topological polar surface area (TPSA) is 32.3 Å². The Labute approximate surface area is 112 Å². The molecule has 0 atom stereocenters. The Balaban J connectivity index is 2.06. The molecule has 0 spiro atoms. The number of rotatable bonds is 5. The van der Waals surface area contributed by atoms with E-state index in [1.165, 1.54) is 11.5 Å². The van der Waals surface area contributed by atoms with Gasteiger partial charge in [-0.05, 0) is 14.1 Å². The molecule has 0 aliphatic heterocycles. The van der Waals surface area contributed by atoms with Crippen molar-refractivity contribution in [2.75, 3.05) is 39.1 Å². The molecule has 0 bridgehead atoms. The van der Waals surface area contributed by atoms with Gasteiger partial charge in [-0.15, -0.1) is 0 Å². The molecule has 0 aliphatic rings. The van der Waals surface area contributed by atoms with Crippen molar-refractivity contribution in [3.05, 3.63) is 30.3 Å². The summed E-state index contributed by atoms with van der Waals surface area (Å²) in [7, 11) is 6.20. The zero-order valence-electron chi connectivity index (χ0n) is 11.0. The first-order chi connectivity index (χ1) is 8.66. The largest absolute Gasteiger partial charge is 0.349 e. The Kier molecular flexibility index (Phi) is 4.28. The molecule has 0 saturated heterocycles. The standard InChI is InChI=1S/C13H18N4S/c1-16(2)9-10-17(3)13-14-12(15-18-13)11-7-5-4-6-8-11/h4-8H,9-10H2,1-3H3. The fraction of sp³-hybridized carbons (Fsp3) is 0.385. The van der Waals surface area contributed by atoms with Crippen LogP contribution in [0.2, 0.25) is 0 Å². The fourth-order valence-corrected chi connectivity index (χ4v) is 2.19. The first kappa shape index (κ1) is 13.0. The monoisotopic (exact) mass is 262 g/mol. The van der Waals surface area contributed by atoms with Gasteiger partial charge in [0, 0.05) is 37.2 Å². The van der Waals surface area contributed by atoms with E-state index in [4.69, 9.17) is 0 Å². The lowest BCUT2D eigenvalue weighted by atomic mass is 10.2. The maximum atomic E-state index is 4.57. The van der Waals surface area contributed by atoms with Gasteiger partial charge in [0.05, 0.1) is 0 Å². The molecule has 0 amide bonds. The Morgan fingerprint density at radius 3 is 2.44 bits per heavy atom. The van der Waals surface area contributed by atoms with E-state index in [0.717, 1.165) is 29.6 Å². The molecule has 96 valence electrons.